The van der Waals surface area contributed by atoms with Crippen LogP contribution in [0.3, 0.4) is 0 Å². The molecule has 1 aromatic rings. The SMILES string of the molecule is O=C(c1cc(Cl)ccc1F)N1CCC2CCCCC21. The van der Waals surface area contributed by atoms with Crippen LogP contribution >= 0.6 is 11.6 Å². The van der Waals surface area contributed by atoms with Crippen molar-refractivity contribution in [2.75, 3.05) is 6.54 Å². The molecule has 2 unspecified atom stereocenters. The zero-order valence-corrected chi connectivity index (χ0v) is 11.5. The first-order chi connectivity index (χ1) is 9.16. The number of carbonyl (C=O) groups is 1. The van der Waals surface area contributed by atoms with Gasteiger partial charge in [-0.25, -0.2) is 4.39 Å². The number of nitrogens with zero attached hydrogens (tertiary/aromatic N) is 1. The van der Waals surface area contributed by atoms with Gasteiger partial charge in [0.2, 0.25) is 0 Å². The highest BCUT2D eigenvalue weighted by molar-refractivity contribution is 6.31. The van der Waals surface area contributed by atoms with E-state index in [2.05, 4.69) is 0 Å². The largest absolute Gasteiger partial charge is 0.335 e. The second-order valence-corrected chi connectivity index (χ2v) is 5.96. The molecule has 102 valence electrons. The highest BCUT2D eigenvalue weighted by Gasteiger charge is 2.38. The van der Waals surface area contributed by atoms with Crippen LogP contribution in [0.2, 0.25) is 5.02 Å². The molecule has 1 saturated heterocycles. The minimum atomic E-state index is -0.478. The van der Waals surface area contributed by atoms with Gasteiger partial charge < -0.3 is 4.90 Å². The van der Waals surface area contributed by atoms with Crippen molar-refractivity contribution in [3.8, 4) is 0 Å². The van der Waals surface area contributed by atoms with Crippen molar-refractivity contribution in [2.45, 2.75) is 38.1 Å². The van der Waals surface area contributed by atoms with E-state index in [-0.39, 0.29) is 11.5 Å². The molecule has 0 N–H and O–H groups in total. The Morgan fingerprint density at radius 1 is 1.26 bits per heavy atom. The maximum atomic E-state index is 13.8. The van der Waals surface area contributed by atoms with Crippen molar-refractivity contribution in [1.82, 2.24) is 4.90 Å². The normalized spacial score (nSPS) is 26.3. The highest BCUT2D eigenvalue weighted by atomic mass is 35.5. The Balaban J connectivity index is 1.85. The number of amides is 1. The van der Waals surface area contributed by atoms with Crippen LogP contribution in [-0.2, 0) is 0 Å². The molecule has 3 rings (SSSR count). The molecular formula is C15H17ClFNO. The zero-order chi connectivity index (χ0) is 13.4. The molecule has 1 amide bonds. The summed E-state index contributed by atoms with van der Waals surface area (Å²) in [6.45, 7) is 0.750. The Morgan fingerprint density at radius 2 is 2.05 bits per heavy atom. The summed E-state index contributed by atoms with van der Waals surface area (Å²) in [4.78, 5) is 14.4. The summed E-state index contributed by atoms with van der Waals surface area (Å²) in [6, 6.07) is 4.49. The summed E-state index contributed by atoms with van der Waals surface area (Å²) >= 11 is 5.87. The summed E-state index contributed by atoms with van der Waals surface area (Å²) in [5.41, 5.74) is 0.110. The van der Waals surface area contributed by atoms with E-state index in [4.69, 9.17) is 11.6 Å². The molecule has 19 heavy (non-hydrogen) atoms. The Labute approximate surface area is 117 Å². The van der Waals surface area contributed by atoms with Crippen molar-refractivity contribution in [2.24, 2.45) is 5.92 Å². The summed E-state index contributed by atoms with van der Waals surface area (Å²) < 4.78 is 13.8. The van der Waals surface area contributed by atoms with Gasteiger partial charge in [-0.3, -0.25) is 4.79 Å². The van der Waals surface area contributed by atoms with Gasteiger partial charge in [-0.05, 0) is 43.4 Å². The lowest BCUT2D eigenvalue weighted by molar-refractivity contribution is 0.0685. The Hall–Kier alpha value is -1.09. The third-order valence-electron chi connectivity index (χ3n) is 4.43. The van der Waals surface area contributed by atoms with E-state index in [1.165, 1.54) is 37.5 Å². The van der Waals surface area contributed by atoms with Gasteiger partial charge in [0.15, 0.2) is 0 Å². The standard InChI is InChI=1S/C15H17ClFNO/c16-11-5-6-13(17)12(9-11)15(19)18-8-7-10-3-1-2-4-14(10)18/h5-6,9-10,14H,1-4,7-8H2. The number of likely N-dealkylation sites (tertiary alicyclic amines) is 1. The molecule has 0 bridgehead atoms. The van der Waals surface area contributed by atoms with Crippen LogP contribution in [-0.4, -0.2) is 23.4 Å². The van der Waals surface area contributed by atoms with E-state index in [9.17, 15) is 9.18 Å². The molecular weight excluding hydrogens is 265 g/mol. The first-order valence-electron chi connectivity index (χ1n) is 6.93. The number of benzene rings is 1. The van der Waals surface area contributed by atoms with Crippen LogP contribution in [0.5, 0.6) is 0 Å². The number of carbonyl (C=O) groups excluding carboxylic acids is 1. The smallest absolute Gasteiger partial charge is 0.257 e. The summed E-state index contributed by atoms with van der Waals surface area (Å²) in [7, 11) is 0. The molecule has 0 aromatic heterocycles. The van der Waals surface area contributed by atoms with Gasteiger partial charge in [-0.2, -0.15) is 0 Å². The fourth-order valence-electron chi connectivity index (χ4n) is 3.47. The van der Waals surface area contributed by atoms with Crippen LogP contribution in [0.25, 0.3) is 0 Å². The third kappa shape index (κ3) is 2.36. The number of hydrogen-bond donors (Lipinski definition) is 0. The quantitative estimate of drug-likeness (QED) is 0.765. The lowest BCUT2D eigenvalue weighted by Gasteiger charge is -2.31. The predicted octanol–water partition coefficient (Wildman–Crippen LogP) is 3.88. The van der Waals surface area contributed by atoms with Crippen molar-refractivity contribution >= 4 is 17.5 Å². The summed E-state index contributed by atoms with van der Waals surface area (Å²) in [5.74, 6) is -0.0667. The Bertz CT molecular complexity index is 505. The van der Waals surface area contributed by atoms with E-state index in [1.54, 1.807) is 0 Å². The first kappa shape index (κ1) is 12.9. The van der Waals surface area contributed by atoms with Gasteiger partial charge in [0.1, 0.15) is 5.82 Å². The highest BCUT2D eigenvalue weighted by Crippen LogP contribution is 2.37. The van der Waals surface area contributed by atoms with Crippen LogP contribution in [0.4, 0.5) is 4.39 Å². The molecule has 4 heteroatoms. The molecule has 1 aliphatic heterocycles. The van der Waals surface area contributed by atoms with Crippen LogP contribution in [0.15, 0.2) is 18.2 Å². The van der Waals surface area contributed by atoms with E-state index in [0.717, 1.165) is 19.4 Å². The van der Waals surface area contributed by atoms with Gasteiger partial charge in [0.25, 0.3) is 5.91 Å². The minimum Gasteiger partial charge on any atom is -0.335 e. The second-order valence-electron chi connectivity index (χ2n) is 5.52. The average Bonchev–Trinajstić information content (AvgIpc) is 2.84. The first-order valence-corrected chi connectivity index (χ1v) is 7.30. The van der Waals surface area contributed by atoms with Gasteiger partial charge in [-0.15, -0.1) is 0 Å². The molecule has 1 heterocycles. The lowest BCUT2D eigenvalue weighted by atomic mass is 9.85. The van der Waals surface area contributed by atoms with Gasteiger partial charge in [0.05, 0.1) is 5.56 Å². The molecule has 1 aliphatic carbocycles. The third-order valence-corrected chi connectivity index (χ3v) is 4.66. The van der Waals surface area contributed by atoms with Crippen molar-refractivity contribution in [3.05, 3.63) is 34.6 Å². The van der Waals surface area contributed by atoms with Gasteiger partial charge >= 0.3 is 0 Å². The van der Waals surface area contributed by atoms with E-state index in [1.807, 2.05) is 4.90 Å². The molecule has 0 spiro atoms. The van der Waals surface area contributed by atoms with Crippen LogP contribution in [0.1, 0.15) is 42.5 Å². The van der Waals surface area contributed by atoms with Crippen molar-refractivity contribution in [1.29, 1.82) is 0 Å². The Kier molecular flexibility index (Phi) is 3.48. The fraction of sp³-hybridized carbons (Fsp3) is 0.533. The van der Waals surface area contributed by atoms with Crippen molar-refractivity contribution in [3.63, 3.8) is 0 Å². The number of rotatable bonds is 1. The summed E-state index contributed by atoms with van der Waals surface area (Å²) in [6.07, 6.45) is 5.74. The number of halogens is 2. The molecule has 2 aliphatic rings. The lowest BCUT2D eigenvalue weighted by Crippen LogP contribution is -2.39. The maximum absolute atomic E-state index is 13.8. The van der Waals surface area contributed by atoms with E-state index < -0.39 is 5.82 Å². The fourth-order valence-corrected chi connectivity index (χ4v) is 3.65. The zero-order valence-electron chi connectivity index (χ0n) is 10.7. The van der Waals surface area contributed by atoms with E-state index >= 15 is 0 Å². The maximum Gasteiger partial charge on any atom is 0.257 e. The number of hydrogen-bond acceptors (Lipinski definition) is 1. The minimum absolute atomic E-state index is 0.110. The molecule has 2 nitrogen and oxygen atoms in total. The van der Waals surface area contributed by atoms with Crippen molar-refractivity contribution < 1.29 is 9.18 Å². The topological polar surface area (TPSA) is 20.3 Å². The van der Waals surface area contributed by atoms with Gasteiger partial charge in [-0.1, -0.05) is 24.4 Å². The molecule has 2 fully saturated rings. The Morgan fingerprint density at radius 3 is 2.89 bits per heavy atom. The van der Waals surface area contributed by atoms with Crippen LogP contribution in [0, 0.1) is 11.7 Å². The van der Waals surface area contributed by atoms with E-state index in [0.29, 0.717) is 17.0 Å². The number of fused-ring (bicyclic) bond motifs is 1. The predicted molar refractivity (Wildman–Crippen MR) is 72.8 cm³/mol. The molecule has 1 aromatic carbocycles. The molecule has 2 atom stereocenters. The second kappa shape index (κ2) is 5.12. The molecule has 1 saturated carbocycles. The van der Waals surface area contributed by atoms with Gasteiger partial charge in [0, 0.05) is 17.6 Å². The van der Waals surface area contributed by atoms with Crippen LogP contribution < -0.4 is 0 Å². The summed E-state index contributed by atoms with van der Waals surface area (Å²) in [5, 5.41) is 0.407. The monoisotopic (exact) mass is 281 g/mol. The average molecular weight is 282 g/mol. The molecule has 0 radical (unpaired) electrons.